The van der Waals surface area contributed by atoms with Gasteiger partial charge in [-0.15, -0.1) is 0 Å². The average molecular weight is 255 g/mol. The zero-order chi connectivity index (χ0) is 14.0. The summed E-state index contributed by atoms with van der Waals surface area (Å²) in [5.74, 6) is 0.0606. The van der Waals surface area contributed by atoms with Gasteiger partial charge in [-0.05, 0) is 30.3 Å². The van der Waals surface area contributed by atoms with Crippen LogP contribution in [0.2, 0.25) is 0 Å². The molecule has 2 N–H and O–H groups in total. The van der Waals surface area contributed by atoms with E-state index in [0.717, 1.165) is 11.3 Å². The molecule has 0 bridgehead atoms. The molecule has 1 aromatic carbocycles. The minimum atomic E-state index is -0.473. The fraction of sp³-hybridized carbons (Fsp3) is 0.143. The van der Waals surface area contributed by atoms with Crippen LogP contribution in [0.1, 0.15) is 10.4 Å². The summed E-state index contributed by atoms with van der Waals surface area (Å²) < 4.78 is 6.45. The van der Waals surface area contributed by atoms with Crippen molar-refractivity contribution in [3.05, 3.63) is 47.3 Å². The molecule has 2 rings (SSSR count). The summed E-state index contributed by atoms with van der Waals surface area (Å²) in [7, 11) is 3.12. The molecule has 96 valence electrons. The zero-order valence-corrected chi connectivity index (χ0v) is 10.7. The number of anilines is 1. The van der Waals surface area contributed by atoms with Crippen molar-refractivity contribution in [1.82, 2.24) is 4.57 Å². The molecule has 0 spiro atoms. The number of nitrogen functional groups attached to an aromatic ring is 1. The number of hydrogen-bond donors (Lipinski definition) is 1. The van der Waals surface area contributed by atoms with Gasteiger partial charge in [0.25, 0.3) is 0 Å². The largest absolute Gasteiger partial charge is 0.465 e. The fourth-order valence-corrected chi connectivity index (χ4v) is 1.90. The van der Waals surface area contributed by atoms with Crippen molar-refractivity contribution >= 4 is 17.5 Å². The van der Waals surface area contributed by atoms with Crippen LogP contribution in [-0.2, 0) is 11.8 Å². The Balaban J connectivity index is 2.55. The maximum atomic E-state index is 11.6. The number of rotatable bonds is 2. The summed E-state index contributed by atoms with van der Waals surface area (Å²) in [6.45, 7) is 7.04. The molecule has 0 aliphatic rings. The lowest BCUT2D eigenvalue weighted by Gasteiger charge is -2.07. The summed E-state index contributed by atoms with van der Waals surface area (Å²) in [5, 5.41) is 0. The predicted octanol–water partition coefficient (Wildman–Crippen LogP) is 2.61. The number of nitrogens with zero attached hydrogens (tertiary/aromatic N) is 2. The lowest BCUT2D eigenvalue weighted by atomic mass is 10.1. The summed E-state index contributed by atoms with van der Waals surface area (Å²) in [5.41, 5.74) is 8.11. The number of ether oxygens (including phenoxy) is 1. The van der Waals surface area contributed by atoms with E-state index < -0.39 is 5.97 Å². The second-order valence-corrected chi connectivity index (χ2v) is 4.04. The van der Waals surface area contributed by atoms with E-state index in [1.165, 1.54) is 7.11 Å². The van der Waals surface area contributed by atoms with Crippen molar-refractivity contribution in [2.75, 3.05) is 12.8 Å². The SMILES string of the molecule is [C-]#[N+]c1ccc(-c2ccc(N)c(C(=O)OC)c2)n1C. The third-order valence-corrected chi connectivity index (χ3v) is 2.96. The highest BCUT2D eigenvalue weighted by atomic mass is 16.5. The normalized spacial score (nSPS) is 9.95. The molecule has 0 radical (unpaired) electrons. The van der Waals surface area contributed by atoms with Crippen molar-refractivity contribution in [3.8, 4) is 11.3 Å². The van der Waals surface area contributed by atoms with Crippen LogP contribution in [0.5, 0.6) is 0 Å². The Bertz CT molecular complexity index is 680. The van der Waals surface area contributed by atoms with Gasteiger partial charge in [0.15, 0.2) is 0 Å². The number of aromatic nitrogens is 1. The van der Waals surface area contributed by atoms with E-state index in [1.807, 2.05) is 12.1 Å². The second-order valence-electron chi connectivity index (χ2n) is 4.04. The number of methoxy groups -OCH3 is 1. The van der Waals surface area contributed by atoms with E-state index in [0.29, 0.717) is 17.1 Å². The van der Waals surface area contributed by atoms with Crippen LogP contribution in [0.25, 0.3) is 16.1 Å². The molecule has 0 aliphatic heterocycles. The third-order valence-electron chi connectivity index (χ3n) is 2.96. The van der Waals surface area contributed by atoms with Crippen molar-refractivity contribution in [3.63, 3.8) is 0 Å². The summed E-state index contributed by atoms with van der Waals surface area (Å²) in [6, 6.07) is 8.71. The van der Waals surface area contributed by atoms with Crippen LogP contribution >= 0.6 is 0 Å². The minimum Gasteiger partial charge on any atom is -0.465 e. The summed E-state index contributed by atoms with van der Waals surface area (Å²) in [4.78, 5) is 15.0. The van der Waals surface area contributed by atoms with Crippen molar-refractivity contribution in [1.29, 1.82) is 0 Å². The van der Waals surface area contributed by atoms with Gasteiger partial charge in [0.2, 0.25) is 5.82 Å². The number of carbonyl (C=O) groups is 1. The van der Waals surface area contributed by atoms with E-state index >= 15 is 0 Å². The molecule has 0 fully saturated rings. The van der Waals surface area contributed by atoms with Crippen molar-refractivity contribution in [2.24, 2.45) is 7.05 Å². The number of carbonyl (C=O) groups excluding carboxylic acids is 1. The van der Waals surface area contributed by atoms with E-state index in [9.17, 15) is 4.79 Å². The first-order chi connectivity index (χ1) is 9.08. The topological polar surface area (TPSA) is 61.6 Å². The molecular weight excluding hydrogens is 242 g/mol. The minimum absolute atomic E-state index is 0.325. The predicted molar refractivity (Wildman–Crippen MR) is 72.9 cm³/mol. The van der Waals surface area contributed by atoms with Gasteiger partial charge in [0, 0.05) is 11.3 Å². The Hall–Kier alpha value is -2.74. The quantitative estimate of drug-likeness (QED) is 0.509. The van der Waals surface area contributed by atoms with Crippen LogP contribution in [0.4, 0.5) is 11.5 Å². The first-order valence-corrected chi connectivity index (χ1v) is 5.60. The second kappa shape index (κ2) is 4.86. The first kappa shape index (κ1) is 12.7. The molecule has 0 saturated heterocycles. The van der Waals surface area contributed by atoms with Gasteiger partial charge in [0.05, 0.1) is 19.7 Å². The van der Waals surface area contributed by atoms with Crippen molar-refractivity contribution < 1.29 is 9.53 Å². The lowest BCUT2D eigenvalue weighted by molar-refractivity contribution is 0.0602. The van der Waals surface area contributed by atoms with Gasteiger partial charge in [-0.2, -0.15) is 0 Å². The Kier molecular flexibility index (Phi) is 3.25. The van der Waals surface area contributed by atoms with Crippen LogP contribution < -0.4 is 5.73 Å². The average Bonchev–Trinajstić information content (AvgIpc) is 2.79. The Morgan fingerprint density at radius 2 is 2.11 bits per heavy atom. The van der Waals surface area contributed by atoms with Crippen LogP contribution in [0.15, 0.2) is 30.3 Å². The Labute approximate surface area is 111 Å². The van der Waals surface area contributed by atoms with Gasteiger partial charge in [-0.3, -0.25) is 4.57 Å². The number of esters is 1. The number of benzene rings is 1. The van der Waals surface area contributed by atoms with Crippen LogP contribution in [0.3, 0.4) is 0 Å². The van der Waals surface area contributed by atoms with Gasteiger partial charge in [-0.1, -0.05) is 6.57 Å². The molecule has 0 amide bonds. The molecule has 0 atom stereocenters. The highest BCUT2D eigenvalue weighted by molar-refractivity contribution is 5.96. The third kappa shape index (κ3) is 2.16. The highest BCUT2D eigenvalue weighted by Gasteiger charge is 2.14. The molecule has 0 unspecified atom stereocenters. The molecule has 0 saturated carbocycles. The monoisotopic (exact) mass is 255 g/mol. The fourth-order valence-electron chi connectivity index (χ4n) is 1.90. The van der Waals surface area contributed by atoms with E-state index in [1.54, 1.807) is 29.8 Å². The molecule has 0 aliphatic carbocycles. The number of hydrogen-bond acceptors (Lipinski definition) is 3. The van der Waals surface area contributed by atoms with E-state index in [4.69, 9.17) is 17.0 Å². The molecular formula is C14H13N3O2. The van der Waals surface area contributed by atoms with Gasteiger partial charge < -0.3 is 15.3 Å². The lowest BCUT2D eigenvalue weighted by Crippen LogP contribution is -2.06. The molecule has 5 heteroatoms. The summed E-state index contributed by atoms with van der Waals surface area (Å²) >= 11 is 0. The molecule has 1 aromatic heterocycles. The highest BCUT2D eigenvalue weighted by Crippen LogP contribution is 2.28. The first-order valence-electron chi connectivity index (χ1n) is 5.60. The van der Waals surface area contributed by atoms with E-state index in [2.05, 4.69) is 4.85 Å². The maximum absolute atomic E-state index is 11.6. The van der Waals surface area contributed by atoms with Crippen LogP contribution in [-0.4, -0.2) is 17.6 Å². The van der Waals surface area contributed by atoms with Gasteiger partial charge in [0.1, 0.15) is 5.69 Å². The summed E-state index contributed by atoms with van der Waals surface area (Å²) in [6.07, 6.45) is 0. The van der Waals surface area contributed by atoms with Crippen LogP contribution in [0, 0.1) is 6.57 Å². The Morgan fingerprint density at radius 3 is 2.68 bits per heavy atom. The van der Waals surface area contributed by atoms with Crippen molar-refractivity contribution in [2.45, 2.75) is 0 Å². The molecule has 5 nitrogen and oxygen atoms in total. The van der Waals surface area contributed by atoms with E-state index in [-0.39, 0.29) is 0 Å². The standard InChI is InChI=1S/C14H13N3O2/c1-16-13-7-6-12(17(13)2)9-4-5-11(15)10(8-9)14(18)19-3/h4-8H,15H2,2-3H3. The van der Waals surface area contributed by atoms with Gasteiger partial charge >= 0.3 is 5.97 Å². The molecule has 19 heavy (non-hydrogen) atoms. The van der Waals surface area contributed by atoms with Gasteiger partial charge in [-0.25, -0.2) is 4.79 Å². The maximum Gasteiger partial charge on any atom is 0.339 e. The molecule has 1 heterocycles. The number of nitrogens with two attached hydrogens (primary N) is 1. The zero-order valence-electron chi connectivity index (χ0n) is 10.7. The molecule has 2 aromatic rings. The smallest absolute Gasteiger partial charge is 0.339 e. The Morgan fingerprint density at radius 1 is 1.37 bits per heavy atom.